The Hall–Kier alpha value is -2.00. The number of carbonyl (C=O) groups excluding carboxylic acids is 1. The van der Waals surface area contributed by atoms with Gasteiger partial charge in [0.2, 0.25) is 0 Å². The van der Waals surface area contributed by atoms with E-state index < -0.39 is 0 Å². The van der Waals surface area contributed by atoms with Crippen LogP contribution in [0.25, 0.3) is 0 Å². The third kappa shape index (κ3) is 4.88. The van der Waals surface area contributed by atoms with Crippen LogP contribution in [-0.4, -0.2) is 24.4 Å². The zero-order valence-electron chi connectivity index (χ0n) is 16.2. The highest BCUT2D eigenvalue weighted by atomic mass is 127. The number of ether oxygens (including phenoxy) is 1. The molecule has 2 N–H and O–H groups in total. The number of aliphatic imine (C=N–C) groups is 1. The van der Waals surface area contributed by atoms with Gasteiger partial charge in [-0.05, 0) is 49.4 Å². The van der Waals surface area contributed by atoms with Crippen molar-refractivity contribution >= 4 is 28.5 Å². The molecule has 0 bridgehead atoms. The molecular formula is C21H23IN3O2S-. The van der Waals surface area contributed by atoms with Gasteiger partial charge in [0.05, 0.1) is 12.7 Å². The number of para-hydroxylation sites is 1. The summed E-state index contributed by atoms with van der Waals surface area (Å²) in [6, 6.07) is 15.0. The quantitative estimate of drug-likeness (QED) is 0.612. The third-order valence-corrected chi connectivity index (χ3v) is 5.08. The van der Waals surface area contributed by atoms with Gasteiger partial charge >= 0.3 is 0 Å². The van der Waals surface area contributed by atoms with Gasteiger partial charge in [-0.3, -0.25) is 4.79 Å². The maximum atomic E-state index is 13.1. The zero-order chi connectivity index (χ0) is 19.4. The van der Waals surface area contributed by atoms with E-state index in [0.29, 0.717) is 5.57 Å². The van der Waals surface area contributed by atoms with E-state index in [1.54, 1.807) is 7.11 Å². The maximum absolute atomic E-state index is 13.1. The SMILES string of the molecule is COc1ccc(C2N=C(SC)NC(C)=C2C(=O)Nc2ccccc2C)cc1.[I-]. The smallest absolute Gasteiger partial charge is 0.255 e. The van der Waals surface area contributed by atoms with Crippen LogP contribution in [0.5, 0.6) is 5.75 Å². The van der Waals surface area contributed by atoms with Gasteiger partial charge in [0.25, 0.3) is 5.91 Å². The van der Waals surface area contributed by atoms with Crippen LogP contribution >= 0.6 is 11.8 Å². The lowest BCUT2D eigenvalue weighted by molar-refractivity contribution is -0.113. The van der Waals surface area contributed by atoms with E-state index in [9.17, 15) is 4.79 Å². The number of anilines is 1. The molecule has 1 unspecified atom stereocenters. The average molecular weight is 508 g/mol. The lowest BCUT2D eigenvalue weighted by atomic mass is 9.95. The fourth-order valence-electron chi connectivity index (χ4n) is 2.98. The number of methoxy groups -OCH3 is 1. The molecule has 148 valence electrons. The van der Waals surface area contributed by atoms with Crippen LogP contribution in [-0.2, 0) is 4.79 Å². The highest BCUT2D eigenvalue weighted by molar-refractivity contribution is 8.13. The number of amidine groups is 1. The molecular weight excluding hydrogens is 485 g/mol. The van der Waals surface area contributed by atoms with Crippen LogP contribution in [0, 0.1) is 6.92 Å². The molecule has 1 aliphatic rings. The van der Waals surface area contributed by atoms with Gasteiger partial charge in [0.1, 0.15) is 11.8 Å². The monoisotopic (exact) mass is 508 g/mol. The Morgan fingerprint density at radius 1 is 1.14 bits per heavy atom. The number of rotatable bonds is 4. The normalized spacial score (nSPS) is 15.9. The van der Waals surface area contributed by atoms with Crippen molar-refractivity contribution in [3.05, 3.63) is 70.9 Å². The fraction of sp³-hybridized carbons (Fsp3) is 0.238. The van der Waals surface area contributed by atoms with Crippen LogP contribution in [0.2, 0.25) is 0 Å². The van der Waals surface area contributed by atoms with Gasteiger partial charge in [-0.25, -0.2) is 4.99 Å². The molecule has 0 spiro atoms. The first-order valence-corrected chi connectivity index (χ1v) is 9.86. The largest absolute Gasteiger partial charge is 1.00 e. The first-order chi connectivity index (χ1) is 13.0. The Balaban J connectivity index is 0.00000280. The molecule has 1 aliphatic heterocycles. The molecule has 0 saturated carbocycles. The summed E-state index contributed by atoms with van der Waals surface area (Å²) < 4.78 is 5.24. The van der Waals surface area contributed by atoms with Gasteiger partial charge in [0, 0.05) is 11.4 Å². The summed E-state index contributed by atoms with van der Waals surface area (Å²) in [5.41, 5.74) is 4.18. The number of hydrogen-bond acceptors (Lipinski definition) is 5. The summed E-state index contributed by atoms with van der Waals surface area (Å²) in [7, 11) is 1.63. The lowest BCUT2D eigenvalue weighted by Gasteiger charge is -2.26. The van der Waals surface area contributed by atoms with Crippen LogP contribution in [0.15, 0.2) is 64.8 Å². The summed E-state index contributed by atoms with van der Waals surface area (Å²) >= 11 is 1.52. The summed E-state index contributed by atoms with van der Waals surface area (Å²) in [6.45, 7) is 3.88. The van der Waals surface area contributed by atoms with E-state index in [-0.39, 0.29) is 35.9 Å². The molecule has 0 aromatic heterocycles. The number of amides is 1. The van der Waals surface area contributed by atoms with Crippen molar-refractivity contribution in [1.29, 1.82) is 0 Å². The summed E-state index contributed by atoms with van der Waals surface area (Å²) in [4.78, 5) is 17.9. The fourth-order valence-corrected chi connectivity index (χ4v) is 3.44. The minimum Gasteiger partial charge on any atom is -1.00 e. The Labute approximate surface area is 187 Å². The number of allylic oxidation sites excluding steroid dienone is 1. The second kappa shape index (κ2) is 9.97. The number of halogens is 1. The molecule has 2 aromatic carbocycles. The molecule has 1 heterocycles. The molecule has 0 saturated heterocycles. The van der Waals surface area contributed by atoms with Crippen molar-refractivity contribution in [2.75, 3.05) is 18.7 Å². The first kappa shape index (κ1) is 22.3. The van der Waals surface area contributed by atoms with Gasteiger partial charge in [-0.2, -0.15) is 0 Å². The van der Waals surface area contributed by atoms with Crippen molar-refractivity contribution in [2.45, 2.75) is 19.9 Å². The van der Waals surface area contributed by atoms with E-state index in [4.69, 9.17) is 9.73 Å². The van der Waals surface area contributed by atoms with Crippen molar-refractivity contribution in [1.82, 2.24) is 5.32 Å². The molecule has 1 amide bonds. The van der Waals surface area contributed by atoms with Gasteiger partial charge in [-0.1, -0.05) is 42.1 Å². The number of nitrogens with one attached hydrogen (secondary N) is 2. The number of nitrogens with zero attached hydrogens (tertiary/aromatic N) is 1. The van der Waals surface area contributed by atoms with Crippen LogP contribution in [0.3, 0.4) is 0 Å². The maximum Gasteiger partial charge on any atom is 0.255 e. The lowest BCUT2D eigenvalue weighted by Crippen LogP contribution is -3.00. The van der Waals surface area contributed by atoms with Gasteiger partial charge in [-0.15, -0.1) is 0 Å². The first-order valence-electron chi connectivity index (χ1n) is 8.64. The van der Waals surface area contributed by atoms with Crippen molar-refractivity contribution in [2.24, 2.45) is 4.99 Å². The molecule has 1 atom stereocenters. The predicted molar refractivity (Wildman–Crippen MR) is 112 cm³/mol. The number of benzene rings is 2. The zero-order valence-corrected chi connectivity index (χ0v) is 19.2. The molecule has 0 aliphatic carbocycles. The molecule has 0 fully saturated rings. The average Bonchev–Trinajstić information content (AvgIpc) is 2.69. The molecule has 0 radical (unpaired) electrons. The summed E-state index contributed by atoms with van der Waals surface area (Å²) in [6.07, 6.45) is 1.96. The van der Waals surface area contributed by atoms with Crippen molar-refractivity contribution in [3.8, 4) is 5.75 Å². The summed E-state index contributed by atoms with van der Waals surface area (Å²) in [5.74, 6) is 0.618. The van der Waals surface area contributed by atoms with Gasteiger partial charge < -0.3 is 39.3 Å². The van der Waals surface area contributed by atoms with Crippen LogP contribution in [0.1, 0.15) is 24.1 Å². The summed E-state index contributed by atoms with van der Waals surface area (Å²) in [5, 5.41) is 7.05. The molecule has 28 heavy (non-hydrogen) atoms. The van der Waals surface area contributed by atoms with Crippen LogP contribution in [0.4, 0.5) is 5.69 Å². The standard InChI is InChI=1S/C21H23N3O2S.HI/c1-13-7-5-6-8-17(13)23-20(25)18-14(2)22-21(27-4)24-19(18)15-9-11-16(26-3)12-10-15;/h5-12,19H,1-4H3,(H,22,24)(H,23,25);1H/p-1. The Bertz CT molecular complexity index is 910. The van der Waals surface area contributed by atoms with E-state index in [0.717, 1.165) is 33.4 Å². The highest BCUT2D eigenvalue weighted by Crippen LogP contribution is 2.33. The Morgan fingerprint density at radius 3 is 2.43 bits per heavy atom. The second-order valence-corrected chi connectivity index (χ2v) is 7.04. The van der Waals surface area contributed by atoms with Crippen molar-refractivity contribution in [3.63, 3.8) is 0 Å². The highest BCUT2D eigenvalue weighted by Gasteiger charge is 2.29. The minimum absolute atomic E-state index is 0. The predicted octanol–water partition coefficient (Wildman–Crippen LogP) is 1.28. The number of aryl methyl sites for hydroxylation is 1. The Kier molecular flexibility index (Phi) is 7.94. The number of thioether (sulfide) groups is 1. The van der Waals surface area contributed by atoms with E-state index in [1.807, 2.05) is 68.6 Å². The van der Waals surface area contributed by atoms with E-state index >= 15 is 0 Å². The third-order valence-electron chi connectivity index (χ3n) is 4.48. The Morgan fingerprint density at radius 2 is 1.82 bits per heavy atom. The topological polar surface area (TPSA) is 62.7 Å². The number of carbonyl (C=O) groups is 1. The van der Waals surface area contributed by atoms with Gasteiger partial charge in [0.15, 0.2) is 5.17 Å². The van der Waals surface area contributed by atoms with Crippen molar-refractivity contribution < 1.29 is 33.5 Å². The molecule has 7 heteroatoms. The van der Waals surface area contributed by atoms with E-state index in [2.05, 4.69) is 10.6 Å². The van der Waals surface area contributed by atoms with E-state index in [1.165, 1.54) is 11.8 Å². The molecule has 5 nitrogen and oxygen atoms in total. The molecule has 2 aromatic rings. The minimum atomic E-state index is -0.372. The number of hydrogen-bond donors (Lipinski definition) is 2. The second-order valence-electron chi connectivity index (χ2n) is 6.25. The van der Waals surface area contributed by atoms with Crippen LogP contribution < -0.4 is 39.3 Å². The molecule has 3 rings (SSSR count).